The topological polar surface area (TPSA) is 81.7 Å². The number of carbonyl (C=O) groups is 1. The standard InChI is InChI=1S/C21H19N3O4/c1-26-18-4-2-3-16(9-18)24-17-8-15(11-22-12-17)21(25)23-10-14-5-6-19-20(7-14)28-13-27-19/h2-9,11-12,24H,10,13H2,1H3,(H,23,25). The van der Waals surface area contributed by atoms with Crippen LogP contribution in [0, 0.1) is 0 Å². The fraction of sp³-hybridized carbons (Fsp3) is 0.143. The van der Waals surface area contributed by atoms with E-state index >= 15 is 0 Å². The van der Waals surface area contributed by atoms with Crippen molar-refractivity contribution in [2.24, 2.45) is 0 Å². The van der Waals surface area contributed by atoms with Crippen LogP contribution >= 0.6 is 0 Å². The van der Waals surface area contributed by atoms with Crippen molar-refractivity contribution in [2.45, 2.75) is 6.54 Å². The number of hydrogen-bond acceptors (Lipinski definition) is 6. The number of aromatic nitrogens is 1. The molecule has 3 aromatic rings. The summed E-state index contributed by atoms with van der Waals surface area (Å²) in [6.45, 7) is 0.604. The Kier molecular flexibility index (Phi) is 4.97. The molecule has 1 aliphatic rings. The molecule has 0 bridgehead atoms. The first-order valence-corrected chi connectivity index (χ1v) is 8.74. The molecule has 0 spiro atoms. The van der Waals surface area contributed by atoms with Gasteiger partial charge in [0.15, 0.2) is 11.5 Å². The highest BCUT2D eigenvalue weighted by molar-refractivity contribution is 5.94. The summed E-state index contributed by atoms with van der Waals surface area (Å²) in [6.07, 6.45) is 3.19. The van der Waals surface area contributed by atoms with Crippen molar-refractivity contribution >= 4 is 17.3 Å². The summed E-state index contributed by atoms with van der Waals surface area (Å²) in [4.78, 5) is 16.7. The molecule has 0 unspecified atom stereocenters. The number of ether oxygens (including phenoxy) is 3. The lowest BCUT2D eigenvalue weighted by atomic mass is 10.2. The minimum Gasteiger partial charge on any atom is -0.497 e. The molecule has 7 nitrogen and oxygen atoms in total. The summed E-state index contributed by atoms with van der Waals surface area (Å²) < 4.78 is 15.9. The Hall–Kier alpha value is -3.74. The van der Waals surface area contributed by atoms with Crippen molar-refractivity contribution in [3.05, 3.63) is 72.1 Å². The van der Waals surface area contributed by atoms with Crippen LogP contribution < -0.4 is 24.8 Å². The highest BCUT2D eigenvalue weighted by Gasteiger charge is 2.14. The Morgan fingerprint density at radius 2 is 1.96 bits per heavy atom. The molecule has 0 saturated carbocycles. The van der Waals surface area contributed by atoms with Gasteiger partial charge in [-0.2, -0.15) is 0 Å². The molecule has 7 heteroatoms. The van der Waals surface area contributed by atoms with Gasteiger partial charge in [0.2, 0.25) is 6.79 Å². The Morgan fingerprint density at radius 3 is 2.86 bits per heavy atom. The number of nitrogens with zero attached hydrogens (tertiary/aromatic N) is 1. The molecule has 1 aromatic heterocycles. The van der Waals surface area contributed by atoms with Crippen LogP contribution in [0.1, 0.15) is 15.9 Å². The van der Waals surface area contributed by atoms with Crippen LogP contribution in [-0.2, 0) is 6.54 Å². The number of hydrogen-bond donors (Lipinski definition) is 2. The number of anilines is 2. The molecule has 0 aliphatic carbocycles. The van der Waals surface area contributed by atoms with Crippen molar-refractivity contribution in [1.82, 2.24) is 10.3 Å². The molecule has 0 radical (unpaired) electrons. The molecule has 0 saturated heterocycles. The summed E-state index contributed by atoms with van der Waals surface area (Å²) in [6, 6.07) is 14.9. The number of nitrogens with one attached hydrogen (secondary N) is 2. The largest absolute Gasteiger partial charge is 0.497 e. The summed E-state index contributed by atoms with van der Waals surface area (Å²) in [5.74, 6) is 1.95. The van der Waals surface area contributed by atoms with E-state index in [1.54, 1.807) is 19.4 Å². The van der Waals surface area contributed by atoms with Crippen LogP contribution in [0.4, 0.5) is 11.4 Å². The molecule has 0 atom stereocenters. The maximum atomic E-state index is 12.5. The van der Waals surface area contributed by atoms with Gasteiger partial charge < -0.3 is 24.8 Å². The first kappa shape index (κ1) is 17.7. The minimum absolute atomic E-state index is 0.209. The highest BCUT2D eigenvalue weighted by atomic mass is 16.7. The quantitative estimate of drug-likeness (QED) is 0.684. The molecule has 142 valence electrons. The Balaban J connectivity index is 1.41. The zero-order valence-electron chi connectivity index (χ0n) is 15.3. The molecule has 2 heterocycles. The number of methoxy groups -OCH3 is 1. The number of fused-ring (bicyclic) bond motifs is 1. The van der Waals surface area contributed by atoms with E-state index in [2.05, 4.69) is 15.6 Å². The van der Waals surface area contributed by atoms with E-state index in [1.807, 2.05) is 42.5 Å². The second kappa shape index (κ2) is 7.87. The van der Waals surface area contributed by atoms with E-state index in [9.17, 15) is 4.79 Å². The molecule has 2 aromatic carbocycles. The molecule has 1 amide bonds. The molecule has 4 rings (SSSR count). The maximum absolute atomic E-state index is 12.5. The zero-order valence-corrected chi connectivity index (χ0v) is 15.3. The average Bonchev–Trinajstić information content (AvgIpc) is 3.20. The summed E-state index contributed by atoms with van der Waals surface area (Å²) >= 11 is 0. The molecular weight excluding hydrogens is 358 g/mol. The van der Waals surface area contributed by atoms with E-state index in [1.165, 1.54) is 6.20 Å². The van der Waals surface area contributed by atoms with Crippen molar-refractivity contribution in [3.8, 4) is 17.2 Å². The highest BCUT2D eigenvalue weighted by Crippen LogP contribution is 2.32. The van der Waals surface area contributed by atoms with Gasteiger partial charge in [-0.05, 0) is 35.9 Å². The normalized spacial score (nSPS) is 11.8. The smallest absolute Gasteiger partial charge is 0.253 e. The first-order valence-electron chi connectivity index (χ1n) is 8.74. The Labute approximate surface area is 162 Å². The third kappa shape index (κ3) is 3.98. The SMILES string of the molecule is COc1cccc(Nc2cncc(C(=O)NCc3ccc4c(c3)OCO4)c2)c1. The van der Waals surface area contributed by atoms with Gasteiger partial charge in [0.1, 0.15) is 5.75 Å². The first-order chi connectivity index (χ1) is 13.7. The van der Waals surface area contributed by atoms with Crippen LogP contribution in [0.3, 0.4) is 0 Å². The minimum atomic E-state index is -0.209. The van der Waals surface area contributed by atoms with E-state index in [-0.39, 0.29) is 12.7 Å². The lowest BCUT2D eigenvalue weighted by Crippen LogP contribution is -2.23. The summed E-state index contributed by atoms with van der Waals surface area (Å²) in [7, 11) is 1.62. The molecule has 0 fully saturated rings. The van der Waals surface area contributed by atoms with Crippen molar-refractivity contribution < 1.29 is 19.0 Å². The number of amides is 1. The van der Waals surface area contributed by atoms with Gasteiger partial charge in [0.05, 0.1) is 24.6 Å². The zero-order chi connectivity index (χ0) is 19.3. The predicted octanol–water partition coefficient (Wildman–Crippen LogP) is 3.49. The molecule has 28 heavy (non-hydrogen) atoms. The fourth-order valence-electron chi connectivity index (χ4n) is 2.84. The predicted molar refractivity (Wildman–Crippen MR) is 104 cm³/mol. The van der Waals surface area contributed by atoms with Crippen molar-refractivity contribution in [1.29, 1.82) is 0 Å². The molecule has 1 aliphatic heterocycles. The second-order valence-corrected chi connectivity index (χ2v) is 6.19. The van der Waals surface area contributed by atoms with E-state index in [0.717, 1.165) is 22.7 Å². The van der Waals surface area contributed by atoms with Gasteiger partial charge in [-0.25, -0.2) is 0 Å². The van der Waals surface area contributed by atoms with Crippen molar-refractivity contribution in [2.75, 3.05) is 19.2 Å². The van der Waals surface area contributed by atoms with Gasteiger partial charge in [-0.1, -0.05) is 12.1 Å². The van der Waals surface area contributed by atoms with Gasteiger partial charge in [0.25, 0.3) is 5.91 Å². The van der Waals surface area contributed by atoms with E-state index in [0.29, 0.717) is 23.5 Å². The third-order valence-electron chi connectivity index (χ3n) is 4.25. The summed E-state index contributed by atoms with van der Waals surface area (Å²) in [5, 5.41) is 6.12. The van der Waals surface area contributed by atoms with Crippen LogP contribution in [0.25, 0.3) is 0 Å². The van der Waals surface area contributed by atoms with Crippen LogP contribution in [0.5, 0.6) is 17.2 Å². The fourth-order valence-corrected chi connectivity index (χ4v) is 2.84. The molecule has 2 N–H and O–H groups in total. The number of benzene rings is 2. The lowest BCUT2D eigenvalue weighted by molar-refractivity contribution is 0.0950. The molecular formula is C21H19N3O4. The van der Waals surface area contributed by atoms with Crippen molar-refractivity contribution in [3.63, 3.8) is 0 Å². The third-order valence-corrected chi connectivity index (χ3v) is 4.25. The summed E-state index contributed by atoms with van der Waals surface area (Å²) in [5.41, 5.74) is 2.95. The maximum Gasteiger partial charge on any atom is 0.253 e. The average molecular weight is 377 g/mol. The Morgan fingerprint density at radius 1 is 1.07 bits per heavy atom. The van der Waals surface area contributed by atoms with Gasteiger partial charge in [-0.3, -0.25) is 9.78 Å². The second-order valence-electron chi connectivity index (χ2n) is 6.19. The van der Waals surface area contributed by atoms with Crippen LogP contribution in [0.2, 0.25) is 0 Å². The number of pyridine rings is 1. The van der Waals surface area contributed by atoms with Gasteiger partial charge >= 0.3 is 0 Å². The van der Waals surface area contributed by atoms with E-state index < -0.39 is 0 Å². The monoisotopic (exact) mass is 377 g/mol. The van der Waals surface area contributed by atoms with Gasteiger partial charge in [-0.15, -0.1) is 0 Å². The van der Waals surface area contributed by atoms with Crippen LogP contribution in [0.15, 0.2) is 60.9 Å². The van der Waals surface area contributed by atoms with Crippen LogP contribution in [-0.4, -0.2) is 24.8 Å². The Bertz CT molecular complexity index is 1010. The number of rotatable bonds is 6. The van der Waals surface area contributed by atoms with E-state index in [4.69, 9.17) is 14.2 Å². The number of carbonyl (C=O) groups excluding carboxylic acids is 1. The van der Waals surface area contributed by atoms with Gasteiger partial charge in [0, 0.05) is 24.5 Å². The lowest BCUT2D eigenvalue weighted by Gasteiger charge is -2.10.